The van der Waals surface area contributed by atoms with Gasteiger partial charge >= 0.3 is 0 Å². The van der Waals surface area contributed by atoms with Gasteiger partial charge in [0.1, 0.15) is 17.5 Å². The van der Waals surface area contributed by atoms with E-state index in [1.807, 2.05) is 13.0 Å². The summed E-state index contributed by atoms with van der Waals surface area (Å²) in [5, 5.41) is 6.56. The fourth-order valence-corrected chi connectivity index (χ4v) is 2.27. The Bertz CT molecular complexity index is 471. The van der Waals surface area contributed by atoms with Gasteiger partial charge in [0.25, 0.3) is 0 Å². The van der Waals surface area contributed by atoms with E-state index in [1.54, 1.807) is 0 Å². The minimum absolute atomic E-state index is 0.105. The average molecular weight is 312 g/mol. The minimum Gasteiger partial charge on any atom is -0.370 e. The summed E-state index contributed by atoms with van der Waals surface area (Å²) in [6.07, 6.45) is 1.05. The molecular formula is C15H28N4OS. The molecular weight excluding hydrogens is 284 g/mol. The Kier molecular flexibility index (Phi) is 7.08. The van der Waals surface area contributed by atoms with Gasteiger partial charge in [-0.2, -0.15) is 0 Å². The number of nitrogens with zero attached hydrogens (tertiary/aromatic N) is 2. The molecule has 0 bridgehead atoms. The van der Waals surface area contributed by atoms with E-state index in [2.05, 4.69) is 48.3 Å². The van der Waals surface area contributed by atoms with Crippen molar-refractivity contribution in [2.45, 2.75) is 46.5 Å². The Labute approximate surface area is 130 Å². The first-order valence-corrected chi connectivity index (χ1v) is 9.08. The predicted octanol–water partition coefficient (Wildman–Crippen LogP) is 2.78. The third-order valence-corrected chi connectivity index (χ3v) is 4.21. The highest BCUT2D eigenvalue weighted by Gasteiger charge is 2.19. The second kappa shape index (κ2) is 8.32. The van der Waals surface area contributed by atoms with Gasteiger partial charge < -0.3 is 10.6 Å². The molecule has 0 radical (unpaired) electrons. The highest BCUT2D eigenvalue weighted by Crippen LogP contribution is 2.22. The Hall–Kier alpha value is -1.17. The smallest absolute Gasteiger partial charge is 0.138 e. The molecule has 0 aliphatic heterocycles. The van der Waals surface area contributed by atoms with Crippen molar-refractivity contribution < 1.29 is 4.21 Å². The van der Waals surface area contributed by atoms with Crippen LogP contribution < -0.4 is 10.6 Å². The van der Waals surface area contributed by atoms with E-state index in [1.165, 1.54) is 0 Å². The maximum atomic E-state index is 11.5. The van der Waals surface area contributed by atoms with Crippen LogP contribution in [0, 0.1) is 0 Å². The van der Waals surface area contributed by atoms with Crippen molar-refractivity contribution in [1.82, 2.24) is 9.97 Å². The van der Waals surface area contributed by atoms with Crippen molar-refractivity contribution in [3.05, 3.63) is 11.9 Å². The summed E-state index contributed by atoms with van der Waals surface area (Å²) in [6, 6.07) is 1.92. The van der Waals surface area contributed by atoms with Gasteiger partial charge in [0.05, 0.1) is 0 Å². The highest BCUT2D eigenvalue weighted by atomic mass is 32.2. The molecule has 6 heteroatoms. The summed E-state index contributed by atoms with van der Waals surface area (Å²) in [5.74, 6) is 3.78. The summed E-state index contributed by atoms with van der Waals surface area (Å²) < 4.78 is 11.5. The van der Waals surface area contributed by atoms with E-state index >= 15 is 0 Å². The van der Waals surface area contributed by atoms with E-state index in [0.29, 0.717) is 18.1 Å². The predicted molar refractivity (Wildman–Crippen MR) is 91.6 cm³/mol. The van der Waals surface area contributed by atoms with Crippen LogP contribution in [-0.4, -0.2) is 38.8 Å². The van der Waals surface area contributed by atoms with Crippen LogP contribution in [0.25, 0.3) is 0 Å². The fraction of sp³-hybridized carbons (Fsp3) is 0.733. The molecule has 0 saturated heterocycles. The van der Waals surface area contributed by atoms with Gasteiger partial charge in [-0.15, -0.1) is 0 Å². The van der Waals surface area contributed by atoms with E-state index in [-0.39, 0.29) is 5.41 Å². The van der Waals surface area contributed by atoms with Crippen LogP contribution in [0.1, 0.15) is 46.9 Å². The van der Waals surface area contributed by atoms with Crippen molar-refractivity contribution in [3.63, 3.8) is 0 Å². The van der Waals surface area contributed by atoms with Crippen LogP contribution in [0.4, 0.5) is 11.6 Å². The molecule has 1 atom stereocenters. The second-order valence-electron chi connectivity index (χ2n) is 6.00. The van der Waals surface area contributed by atoms with E-state index < -0.39 is 10.8 Å². The quantitative estimate of drug-likeness (QED) is 0.772. The van der Waals surface area contributed by atoms with Gasteiger partial charge in [0.15, 0.2) is 0 Å². The van der Waals surface area contributed by atoms with Crippen LogP contribution in [0.2, 0.25) is 0 Å². The summed E-state index contributed by atoms with van der Waals surface area (Å²) in [7, 11) is -0.755. The van der Waals surface area contributed by atoms with Crippen molar-refractivity contribution in [3.8, 4) is 0 Å². The molecule has 0 spiro atoms. The first-order chi connectivity index (χ1) is 9.86. The van der Waals surface area contributed by atoms with Crippen LogP contribution in [0.3, 0.4) is 0 Å². The number of anilines is 2. The van der Waals surface area contributed by atoms with Crippen LogP contribution in [0.15, 0.2) is 6.07 Å². The van der Waals surface area contributed by atoms with Crippen LogP contribution in [0.5, 0.6) is 0 Å². The molecule has 1 heterocycles. The third-order valence-electron chi connectivity index (χ3n) is 2.91. The van der Waals surface area contributed by atoms with Gasteiger partial charge in [-0.25, -0.2) is 9.97 Å². The van der Waals surface area contributed by atoms with Crippen molar-refractivity contribution >= 4 is 22.4 Å². The van der Waals surface area contributed by atoms with Crippen LogP contribution >= 0.6 is 0 Å². The molecule has 1 aromatic heterocycles. The maximum Gasteiger partial charge on any atom is 0.138 e. The summed E-state index contributed by atoms with van der Waals surface area (Å²) in [4.78, 5) is 9.15. The standard InChI is InChI=1S/C15H28N4OS/c1-6-8-16-12-11-13(17-9-10-21(20)7-2)19-14(18-12)15(3,4)5/h11H,6-10H2,1-5H3,(H2,16,17,18,19). The lowest BCUT2D eigenvalue weighted by molar-refractivity contribution is 0.546. The zero-order valence-corrected chi connectivity index (χ0v) is 14.6. The third kappa shape index (κ3) is 6.42. The zero-order chi connectivity index (χ0) is 15.9. The summed E-state index contributed by atoms with van der Waals surface area (Å²) >= 11 is 0. The molecule has 1 rings (SSSR count). The van der Waals surface area contributed by atoms with Crippen molar-refractivity contribution in [2.75, 3.05) is 35.2 Å². The SMILES string of the molecule is CCCNc1cc(NCCS(=O)CC)nc(C(C)(C)C)n1. The molecule has 0 amide bonds. The topological polar surface area (TPSA) is 66.9 Å². The Morgan fingerprint density at radius 2 is 1.67 bits per heavy atom. The van der Waals surface area contributed by atoms with Gasteiger partial charge in [0, 0.05) is 46.9 Å². The first-order valence-electron chi connectivity index (χ1n) is 7.59. The largest absolute Gasteiger partial charge is 0.370 e. The normalized spacial score (nSPS) is 13.0. The van der Waals surface area contributed by atoms with E-state index in [9.17, 15) is 4.21 Å². The van der Waals surface area contributed by atoms with Crippen molar-refractivity contribution in [2.24, 2.45) is 0 Å². The molecule has 0 saturated carbocycles. The molecule has 0 aliphatic rings. The highest BCUT2D eigenvalue weighted by molar-refractivity contribution is 7.84. The number of hydrogen-bond acceptors (Lipinski definition) is 5. The maximum absolute atomic E-state index is 11.5. The molecule has 0 aromatic carbocycles. The lowest BCUT2D eigenvalue weighted by atomic mass is 9.96. The number of aromatic nitrogens is 2. The molecule has 5 nitrogen and oxygen atoms in total. The van der Waals surface area contributed by atoms with Gasteiger partial charge in [0.2, 0.25) is 0 Å². The lowest BCUT2D eigenvalue weighted by Crippen LogP contribution is -2.20. The Balaban J connectivity index is 2.83. The fourth-order valence-electron chi connectivity index (χ4n) is 1.65. The molecule has 0 fully saturated rings. The molecule has 1 aromatic rings. The summed E-state index contributed by atoms with van der Waals surface area (Å²) in [5.41, 5.74) is -0.105. The number of rotatable bonds is 8. The van der Waals surface area contributed by atoms with E-state index in [4.69, 9.17) is 0 Å². The molecule has 120 valence electrons. The van der Waals surface area contributed by atoms with Crippen LogP contribution in [-0.2, 0) is 16.2 Å². The number of nitrogens with one attached hydrogen (secondary N) is 2. The van der Waals surface area contributed by atoms with Gasteiger partial charge in [-0.05, 0) is 6.42 Å². The zero-order valence-electron chi connectivity index (χ0n) is 13.8. The first kappa shape index (κ1) is 17.9. The minimum atomic E-state index is -0.755. The van der Waals surface area contributed by atoms with Gasteiger partial charge in [-0.1, -0.05) is 34.6 Å². The molecule has 0 aliphatic carbocycles. The number of hydrogen-bond donors (Lipinski definition) is 2. The van der Waals surface area contributed by atoms with Crippen molar-refractivity contribution in [1.29, 1.82) is 0 Å². The molecule has 1 unspecified atom stereocenters. The Morgan fingerprint density at radius 1 is 1.10 bits per heavy atom. The summed E-state index contributed by atoms with van der Waals surface area (Å²) in [6.45, 7) is 11.9. The average Bonchev–Trinajstić information content (AvgIpc) is 2.43. The van der Waals surface area contributed by atoms with Gasteiger partial charge in [-0.3, -0.25) is 4.21 Å². The monoisotopic (exact) mass is 312 g/mol. The van der Waals surface area contributed by atoms with E-state index in [0.717, 1.165) is 30.4 Å². The molecule has 21 heavy (non-hydrogen) atoms. The Morgan fingerprint density at radius 3 is 2.14 bits per heavy atom. The molecule has 2 N–H and O–H groups in total. The lowest BCUT2D eigenvalue weighted by Gasteiger charge is -2.19. The second-order valence-corrected chi connectivity index (χ2v) is 7.86.